The van der Waals surface area contributed by atoms with E-state index in [2.05, 4.69) is 39.6 Å². The van der Waals surface area contributed by atoms with Crippen LogP contribution in [0.25, 0.3) is 0 Å². The lowest BCUT2D eigenvalue weighted by molar-refractivity contribution is 0.108. The predicted octanol–water partition coefficient (Wildman–Crippen LogP) is 3.10. The highest BCUT2D eigenvalue weighted by atomic mass is 127. The lowest BCUT2D eigenvalue weighted by atomic mass is 9.97. The van der Waals surface area contributed by atoms with Crippen molar-refractivity contribution in [2.75, 3.05) is 26.3 Å². The molecule has 8 heteroatoms. The Labute approximate surface area is 168 Å². The van der Waals surface area contributed by atoms with Crippen molar-refractivity contribution < 1.29 is 9.26 Å². The van der Waals surface area contributed by atoms with E-state index < -0.39 is 0 Å². The molecule has 0 aliphatic carbocycles. The van der Waals surface area contributed by atoms with Crippen LogP contribution in [0.5, 0.6) is 0 Å². The average Bonchev–Trinajstić information content (AvgIpc) is 2.97. The van der Waals surface area contributed by atoms with E-state index in [1.807, 2.05) is 27.7 Å². The second-order valence-corrected chi connectivity index (χ2v) is 7.21. The molecule has 0 unspecified atom stereocenters. The number of rotatable bonds is 9. The first kappa shape index (κ1) is 24.1. The average molecular weight is 467 g/mol. The number of hydrogen-bond acceptors (Lipinski definition) is 5. The number of guanidine groups is 1. The summed E-state index contributed by atoms with van der Waals surface area (Å²) >= 11 is 0. The number of nitrogens with zero attached hydrogens (tertiary/aromatic N) is 3. The van der Waals surface area contributed by atoms with Crippen LogP contribution in [0, 0.1) is 5.92 Å². The van der Waals surface area contributed by atoms with Gasteiger partial charge in [-0.15, -0.1) is 24.0 Å². The highest BCUT2D eigenvalue weighted by Crippen LogP contribution is 2.19. The molecule has 0 fully saturated rings. The Morgan fingerprint density at radius 2 is 2.00 bits per heavy atom. The second kappa shape index (κ2) is 12.5. The van der Waals surface area contributed by atoms with Gasteiger partial charge in [0.05, 0.1) is 0 Å². The van der Waals surface area contributed by atoms with Gasteiger partial charge in [-0.1, -0.05) is 39.8 Å². The van der Waals surface area contributed by atoms with Gasteiger partial charge in [-0.2, -0.15) is 4.98 Å². The van der Waals surface area contributed by atoms with Crippen molar-refractivity contribution in [3.63, 3.8) is 0 Å². The van der Waals surface area contributed by atoms with Crippen LogP contribution in [-0.2, 0) is 16.7 Å². The van der Waals surface area contributed by atoms with E-state index in [1.54, 1.807) is 0 Å². The van der Waals surface area contributed by atoms with Crippen molar-refractivity contribution in [1.82, 2.24) is 20.8 Å². The summed E-state index contributed by atoms with van der Waals surface area (Å²) in [5, 5.41) is 10.5. The second-order valence-electron chi connectivity index (χ2n) is 7.21. The summed E-state index contributed by atoms with van der Waals surface area (Å²) in [7, 11) is 0. The predicted molar refractivity (Wildman–Crippen MR) is 112 cm³/mol. The molecule has 1 aromatic heterocycles. The molecule has 0 spiro atoms. The quantitative estimate of drug-likeness (QED) is 0.251. The summed E-state index contributed by atoms with van der Waals surface area (Å²) in [5.74, 6) is 2.55. The largest absolute Gasteiger partial charge is 0.381 e. The van der Waals surface area contributed by atoms with Crippen molar-refractivity contribution in [2.24, 2.45) is 10.9 Å². The minimum atomic E-state index is -0.145. The molecule has 0 bridgehead atoms. The van der Waals surface area contributed by atoms with Crippen LogP contribution in [0.4, 0.5) is 0 Å². The van der Waals surface area contributed by atoms with Gasteiger partial charge in [0.1, 0.15) is 6.54 Å². The van der Waals surface area contributed by atoms with Crippen molar-refractivity contribution in [3.05, 3.63) is 11.7 Å². The Hall–Kier alpha value is -0.900. The van der Waals surface area contributed by atoms with Crippen LogP contribution in [0.2, 0.25) is 0 Å². The van der Waals surface area contributed by atoms with E-state index in [9.17, 15) is 0 Å². The van der Waals surface area contributed by atoms with Gasteiger partial charge in [0.15, 0.2) is 11.8 Å². The molecule has 0 aliphatic heterocycles. The van der Waals surface area contributed by atoms with Gasteiger partial charge in [-0.05, 0) is 19.3 Å². The Morgan fingerprint density at radius 1 is 1.28 bits per heavy atom. The third kappa shape index (κ3) is 10.6. The molecule has 1 heterocycles. The minimum Gasteiger partial charge on any atom is -0.381 e. The number of hydrogen-bond donors (Lipinski definition) is 2. The van der Waals surface area contributed by atoms with Gasteiger partial charge in [-0.3, -0.25) is 0 Å². The highest BCUT2D eigenvalue weighted by Gasteiger charge is 2.21. The smallest absolute Gasteiger partial charge is 0.232 e. The van der Waals surface area contributed by atoms with E-state index in [1.165, 1.54) is 0 Å². The van der Waals surface area contributed by atoms with E-state index >= 15 is 0 Å². The molecule has 0 atom stereocenters. The third-order valence-corrected chi connectivity index (χ3v) is 3.04. The summed E-state index contributed by atoms with van der Waals surface area (Å²) in [5.41, 5.74) is -0.145. The molecule has 1 rings (SSSR count). The SMILES string of the molecule is CCNC(=NCc1noc(C(C)(C)C)n1)NCCCOCC(C)C.I. The topological polar surface area (TPSA) is 84.6 Å². The summed E-state index contributed by atoms with van der Waals surface area (Å²) in [6.45, 7) is 16.0. The fraction of sp³-hybridized carbons (Fsp3) is 0.824. The zero-order chi connectivity index (χ0) is 18.0. The van der Waals surface area contributed by atoms with Crippen LogP contribution in [0.3, 0.4) is 0 Å². The Bertz CT molecular complexity index is 497. The maximum atomic E-state index is 5.57. The van der Waals surface area contributed by atoms with Crippen LogP contribution in [0.1, 0.15) is 59.7 Å². The van der Waals surface area contributed by atoms with Crippen LogP contribution in [-0.4, -0.2) is 42.4 Å². The first-order chi connectivity index (χ1) is 11.3. The lowest BCUT2D eigenvalue weighted by Gasteiger charge is -2.11. The number of aromatic nitrogens is 2. The zero-order valence-electron chi connectivity index (χ0n) is 16.4. The molecule has 0 saturated carbocycles. The molecular formula is C17H34IN5O2. The molecule has 25 heavy (non-hydrogen) atoms. The van der Waals surface area contributed by atoms with Gasteiger partial charge in [0.25, 0.3) is 0 Å². The Morgan fingerprint density at radius 3 is 2.56 bits per heavy atom. The molecule has 146 valence electrons. The van der Waals surface area contributed by atoms with E-state index in [0.29, 0.717) is 24.2 Å². The highest BCUT2D eigenvalue weighted by molar-refractivity contribution is 14.0. The Balaban J connectivity index is 0.00000576. The summed E-state index contributed by atoms with van der Waals surface area (Å²) in [6, 6.07) is 0. The van der Waals surface area contributed by atoms with Crippen LogP contribution in [0.15, 0.2) is 9.52 Å². The molecule has 2 N–H and O–H groups in total. The molecule has 1 aromatic rings. The number of ether oxygens (including phenoxy) is 1. The van der Waals surface area contributed by atoms with Crippen LogP contribution < -0.4 is 10.6 Å². The molecule has 0 radical (unpaired) electrons. The van der Waals surface area contributed by atoms with Gasteiger partial charge in [-0.25, -0.2) is 4.99 Å². The lowest BCUT2D eigenvalue weighted by Crippen LogP contribution is -2.38. The van der Waals surface area contributed by atoms with Crippen molar-refractivity contribution in [3.8, 4) is 0 Å². The normalized spacial score (nSPS) is 12.2. The number of aliphatic imine (C=N–C) groups is 1. The standard InChI is InChI=1S/C17H33N5O2.HI/c1-7-18-16(19-9-8-10-23-12-13(2)3)20-11-14-21-15(24-22-14)17(4,5)6;/h13H,7-12H2,1-6H3,(H2,18,19,20);1H. The van der Waals surface area contributed by atoms with E-state index in [4.69, 9.17) is 9.26 Å². The molecule has 0 aliphatic rings. The summed E-state index contributed by atoms with van der Waals surface area (Å²) in [6.07, 6.45) is 0.938. The number of halogens is 1. The molecule has 0 saturated heterocycles. The first-order valence-electron chi connectivity index (χ1n) is 8.76. The maximum absolute atomic E-state index is 5.57. The molecule has 7 nitrogen and oxygen atoms in total. The maximum Gasteiger partial charge on any atom is 0.232 e. The van der Waals surface area contributed by atoms with Crippen LogP contribution >= 0.6 is 24.0 Å². The summed E-state index contributed by atoms with van der Waals surface area (Å²) < 4.78 is 10.8. The number of nitrogens with one attached hydrogen (secondary N) is 2. The van der Waals surface area contributed by atoms with Gasteiger partial charge in [0.2, 0.25) is 5.89 Å². The van der Waals surface area contributed by atoms with Gasteiger partial charge < -0.3 is 19.9 Å². The van der Waals surface area contributed by atoms with Crippen molar-refractivity contribution in [2.45, 2.75) is 59.9 Å². The van der Waals surface area contributed by atoms with Gasteiger partial charge in [0, 0.05) is 31.7 Å². The molecular weight excluding hydrogens is 433 g/mol. The van der Waals surface area contributed by atoms with Crippen molar-refractivity contribution >= 4 is 29.9 Å². The van der Waals surface area contributed by atoms with Gasteiger partial charge >= 0.3 is 0 Å². The Kier molecular flexibility index (Phi) is 12.0. The van der Waals surface area contributed by atoms with E-state index in [0.717, 1.165) is 38.7 Å². The first-order valence-corrected chi connectivity index (χ1v) is 8.76. The van der Waals surface area contributed by atoms with Crippen molar-refractivity contribution in [1.29, 1.82) is 0 Å². The molecule has 0 amide bonds. The summed E-state index contributed by atoms with van der Waals surface area (Å²) in [4.78, 5) is 8.88. The zero-order valence-corrected chi connectivity index (χ0v) is 18.7. The monoisotopic (exact) mass is 467 g/mol. The minimum absolute atomic E-state index is 0. The van der Waals surface area contributed by atoms with E-state index in [-0.39, 0.29) is 29.4 Å². The third-order valence-electron chi connectivity index (χ3n) is 3.04. The fourth-order valence-corrected chi connectivity index (χ4v) is 1.81. The fourth-order valence-electron chi connectivity index (χ4n) is 1.81. The molecule has 0 aromatic carbocycles.